The lowest BCUT2D eigenvalue weighted by Crippen LogP contribution is -2.10. The fraction of sp³-hybridized carbons (Fsp3) is 0. The van der Waals surface area contributed by atoms with Crippen molar-refractivity contribution in [1.82, 2.24) is 20.4 Å². The quantitative estimate of drug-likeness (QED) is 0.513. The van der Waals surface area contributed by atoms with Crippen LogP contribution < -0.4 is 11.5 Å². The van der Waals surface area contributed by atoms with Crippen LogP contribution in [0.15, 0.2) is 48.5 Å². The second-order valence-electron chi connectivity index (χ2n) is 5.89. The Hall–Kier alpha value is -4.25. The van der Waals surface area contributed by atoms with Crippen molar-refractivity contribution >= 4 is 22.8 Å². The van der Waals surface area contributed by atoms with Gasteiger partial charge in [-0.05, 0) is 29.8 Å². The maximum absolute atomic E-state index is 11.3. The minimum absolute atomic E-state index is 0.285. The van der Waals surface area contributed by atoms with Gasteiger partial charge in [0.25, 0.3) is 0 Å². The number of H-pyrrole nitrogens is 1. The molecule has 2 heterocycles. The molecule has 0 aliphatic carbocycles. The third-order valence-electron chi connectivity index (χ3n) is 4.24. The highest BCUT2D eigenvalue weighted by Gasteiger charge is 2.19. The zero-order valence-corrected chi connectivity index (χ0v) is 14.0. The number of hydrogen-bond acceptors (Lipinski definition) is 6. The largest absolute Gasteiger partial charge is 0.382 e. The number of nitrogens with two attached hydrogens (primary N) is 2. The van der Waals surface area contributed by atoms with Gasteiger partial charge in [0.2, 0.25) is 5.91 Å². The lowest BCUT2D eigenvalue weighted by molar-refractivity contribution is 0.100. The molecule has 2 aromatic heterocycles. The van der Waals surface area contributed by atoms with Crippen molar-refractivity contribution in [2.24, 2.45) is 5.73 Å². The van der Waals surface area contributed by atoms with Gasteiger partial charge in [-0.25, -0.2) is 0 Å². The molecule has 8 nitrogen and oxygen atoms in total. The molecule has 0 spiro atoms. The Morgan fingerprint density at radius 3 is 2.56 bits per heavy atom. The van der Waals surface area contributed by atoms with Crippen molar-refractivity contribution in [1.29, 1.82) is 5.26 Å². The van der Waals surface area contributed by atoms with E-state index < -0.39 is 5.91 Å². The van der Waals surface area contributed by atoms with E-state index in [1.165, 1.54) is 0 Å². The summed E-state index contributed by atoms with van der Waals surface area (Å²) in [7, 11) is 0. The highest BCUT2D eigenvalue weighted by molar-refractivity contribution is 6.05. The summed E-state index contributed by atoms with van der Waals surface area (Å²) in [4.78, 5) is 11.3. The molecule has 0 saturated heterocycles. The molecule has 4 rings (SSSR count). The van der Waals surface area contributed by atoms with Gasteiger partial charge in [0.05, 0.1) is 17.0 Å². The van der Waals surface area contributed by atoms with Crippen molar-refractivity contribution in [3.63, 3.8) is 0 Å². The molecule has 0 bridgehead atoms. The van der Waals surface area contributed by atoms with Crippen LogP contribution >= 0.6 is 0 Å². The highest BCUT2D eigenvalue weighted by Crippen LogP contribution is 2.37. The van der Waals surface area contributed by atoms with Gasteiger partial charge in [-0.15, -0.1) is 10.2 Å². The van der Waals surface area contributed by atoms with Gasteiger partial charge in [0.1, 0.15) is 5.69 Å². The number of rotatable bonds is 3. The molecule has 0 aliphatic heterocycles. The number of carbonyl (C=O) groups is 1. The number of anilines is 1. The normalized spacial score (nSPS) is 10.6. The van der Waals surface area contributed by atoms with Crippen molar-refractivity contribution in [2.75, 3.05) is 5.73 Å². The molecule has 8 heteroatoms. The third kappa shape index (κ3) is 2.73. The number of carbonyl (C=O) groups excluding carboxylic acids is 1. The summed E-state index contributed by atoms with van der Waals surface area (Å²) in [5.41, 5.74) is 15.5. The number of nitrogens with one attached hydrogen (secondary N) is 1. The van der Waals surface area contributed by atoms with Crippen LogP contribution in [0.2, 0.25) is 0 Å². The first-order valence-corrected chi connectivity index (χ1v) is 7.99. The number of nitriles is 1. The first-order chi connectivity index (χ1) is 13.1. The van der Waals surface area contributed by atoms with Crippen LogP contribution in [0.3, 0.4) is 0 Å². The van der Waals surface area contributed by atoms with Gasteiger partial charge in [-0.1, -0.05) is 24.3 Å². The number of benzene rings is 2. The number of aromatic nitrogens is 4. The fourth-order valence-electron chi connectivity index (χ4n) is 2.95. The summed E-state index contributed by atoms with van der Waals surface area (Å²) >= 11 is 0. The number of nitrogens with zero attached hydrogens (tertiary/aromatic N) is 4. The number of aromatic amines is 1. The maximum Gasteiger partial charge on any atom is 0.248 e. The molecule has 1 amide bonds. The Kier molecular flexibility index (Phi) is 3.75. The van der Waals surface area contributed by atoms with Crippen molar-refractivity contribution in [3.8, 4) is 28.5 Å². The van der Waals surface area contributed by atoms with Crippen LogP contribution in [0, 0.1) is 11.3 Å². The first-order valence-electron chi connectivity index (χ1n) is 7.99. The SMILES string of the molecule is N#Cc1cccc(-c2c(-c3ccc(C(N)=O)cc3)nnc3[nH]nc(N)c23)c1. The molecule has 0 saturated carbocycles. The van der Waals surface area contributed by atoms with E-state index in [1.54, 1.807) is 42.5 Å². The molecule has 2 aromatic carbocycles. The maximum atomic E-state index is 11.3. The van der Waals surface area contributed by atoms with Gasteiger partial charge in [-0.3, -0.25) is 9.89 Å². The van der Waals surface area contributed by atoms with Crippen LogP contribution in [0.4, 0.5) is 5.82 Å². The fourth-order valence-corrected chi connectivity index (χ4v) is 2.95. The van der Waals surface area contributed by atoms with Gasteiger partial charge in [0.15, 0.2) is 11.5 Å². The Labute approximate surface area is 153 Å². The van der Waals surface area contributed by atoms with Crippen LogP contribution in [-0.4, -0.2) is 26.3 Å². The predicted molar refractivity (Wildman–Crippen MR) is 100 cm³/mol. The number of primary amides is 1. The van der Waals surface area contributed by atoms with Crippen molar-refractivity contribution in [3.05, 3.63) is 59.7 Å². The van der Waals surface area contributed by atoms with Gasteiger partial charge in [0, 0.05) is 16.7 Å². The summed E-state index contributed by atoms with van der Waals surface area (Å²) in [5, 5.41) is 25.1. The van der Waals surface area contributed by atoms with Gasteiger partial charge in [-0.2, -0.15) is 10.4 Å². The molecular weight excluding hydrogens is 342 g/mol. The van der Waals surface area contributed by atoms with Gasteiger partial charge < -0.3 is 11.5 Å². The topological polar surface area (TPSA) is 147 Å². The van der Waals surface area contributed by atoms with Crippen molar-refractivity contribution < 1.29 is 4.79 Å². The van der Waals surface area contributed by atoms with E-state index in [4.69, 9.17) is 11.5 Å². The van der Waals surface area contributed by atoms with Crippen LogP contribution in [-0.2, 0) is 0 Å². The lowest BCUT2D eigenvalue weighted by Gasteiger charge is -2.11. The van der Waals surface area contributed by atoms with Gasteiger partial charge >= 0.3 is 0 Å². The molecule has 0 aliphatic rings. The molecule has 4 aromatic rings. The molecule has 27 heavy (non-hydrogen) atoms. The third-order valence-corrected chi connectivity index (χ3v) is 4.24. The molecule has 0 fully saturated rings. The Balaban J connectivity index is 2.02. The number of fused-ring (bicyclic) bond motifs is 1. The summed E-state index contributed by atoms with van der Waals surface area (Å²) < 4.78 is 0. The van der Waals surface area contributed by atoms with E-state index in [-0.39, 0.29) is 5.82 Å². The van der Waals surface area contributed by atoms with E-state index in [9.17, 15) is 10.1 Å². The summed E-state index contributed by atoms with van der Waals surface area (Å²) in [5.74, 6) is -0.226. The summed E-state index contributed by atoms with van der Waals surface area (Å²) in [6.45, 7) is 0. The zero-order valence-electron chi connectivity index (χ0n) is 14.0. The smallest absolute Gasteiger partial charge is 0.248 e. The minimum Gasteiger partial charge on any atom is -0.382 e. The first kappa shape index (κ1) is 16.2. The molecule has 5 N–H and O–H groups in total. The predicted octanol–water partition coefficient (Wildman–Crippen LogP) is 2.24. The van der Waals surface area contributed by atoms with Crippen LogP contribution in [0.1, 0.15) is 15.9 Å². The van der Waals surface area contributed by atoms with Crippen LogP contribution in [0.5, 0.6) is 0 Å². The number of nitrogen functional groups attached to an aromatic ring is 1. The average molecular weight is 355 g/mol. The van der Waals surface area contributed by atoms with Crippen LogP contribution in [0.25, 0.3) is 33.4 Å². The number of amides is 1. The van der Waals surface area contributed by atoms with E-state index >= 15 is 0 Å². The Morgan fingerprint density at radius 1 is 1.07 bits per heavy atom. The summed E-state index contributed by atoms with van der Waals surface area (Å²) in [6.07, 6.45) is 0. The standard InChI is InChI=1S/C19H13N7O/c20-9-10-2-1-3-13(8-10)14-15-17(21)24-26-19(15)25-23-16(14)11-4-6-12(7-5-11)18(22)27/h1-8H,(H2,22,27)(H3,21,24,25,26). The Morgan fingerprint density at radius 2 is 1.85 bits per heavy atom. The molecule has 0 radical (unpaired) electrons. The molecular formula is C19H13N7O. The molecule has 0 unspecified atom stereocenters. The van der Waals surface area contributed by atoms with E-state index in [2.05, 4.69) is 26.5 Å². The number of hydrogen-bond donors (Lipinski definition) is 3. The molecule has 130 valence electrons. The lowest BCUT2D eigenvalue weighted by atomic mass is 9.95. The Bertz CT molecular complexity index is 1220. The minimum atomic E-state index is -0.510. The van der Waals surface area contributed by atoms with E-state index in [0.29, 0.717) is 33.4 Å². The summed E-state index contributed by atoms with van der Waals surface area (Å²) in [6, 6.07) is 16.0. The average Bonchev–Trinajstić information content (AvgIpc) is 3.08. The second kappa shape index (κ2) is 6.24. The zero-order chi connectivity index (χ0) is 19.0. The monoisotopic (exact) mass is 355 g/mol. The van der Waals surface area contributed by atoms with E-state index in [1.807, 2.05) is 6.07 Å². The second-order valence-corrected chi connectivity index (χ2v) is 5.89. The highest BCUT2D eigenvalue weighted by atomic mass is 16.1. The van der Waals surface area contributed by atoms with E-state index in [0.717, 1.165) is 11.1 Å². The van der Waals surface area contributed by atoms with Crippen molar-refractivity contribution in [2.45, 2.75) is 0 Å². The molecule has 0 atom stereocenters.